The Morgan fingerprint density at radius 1 is 1.36 bits per heavy atom. The Kier molecular flexibility index (Phi) is 3.15. The van der Waals surface area contributed by atoms with Crippen LogP contribution in [0.4, 0.5) is 5.69 Å². The molecule has 0 saturated carbocycles. The molecule has 0 bridgehead atoms. The molecule has 1 unspecified atom stereocenters. The number of benzene rings is 1. The van der Waals surface area contributed by atoms with Crippen molar-refractivity contribution in [2.75, 3.05) is 11.9 Å². The second kappa shape index (κ2) is 4.21. The number of hydrogen-bond acceptors (Lipinski definition) is 2. The van der Waals surface area contributed by atoms with E-state index in [2.05, 4.69) is 12.2 Å². The van der Waals surface area contributed by atoms with E-state index < -0.39 is 0 Å². The Bertz CT molecular complexity index is 354. The minimum atomic E-state index is 0.619. The van der Waals surface area contributed by atoms with E-state index in [9.17, 15) is 0 Å². The van der Waals surface area contributed by atoms with E-state index >= 15 is 0 Å². The SMILES string of the molecule is CC1CCNc2cc(Cl)c(Cl)cc2S1. The number of anilines is 1. The fourth-order valence-electron chi connectivity index (χ4n) is 1.45. The molecule has 2 rings (SSSR count). The van der Waals surface area contributed by atoms with Gasteiger partial charge in [-0.15, -0.1) is 11.8 Å². The molecule has 1 heterocycles. The van der Waals surface area contributed by atoms with Crippen LogP contribution in [0.3, 0.4) is 0 Å². The Morgan fingerprint density at radius 2 is 2.07 bits per heavy atom. The Balaban J connectivity index is 2.41. The first-order valence-corrected chi connectivity index (χ1v) is 6.20. The lowest BCUT2D eigenvalue weighted by Crippen LogP contribution is -2.03. The molecule has 1 aromatic rings. The maximum Gasteiger partial charge on any atom is 0.0613 e. The van der Waals surface area contributed by atoms with Crippen molar-refractivity contribution < 1.29 is 0 Å². The van der Waals surface area contributed by atoms with E-state index in [4.69, 9.17) is 23.2 Å². The van der Waals surface area contributed by atoms with Gasteiger partial charge in [-0.2, -0.15) is 0 Å². The maximum absolute atomic E-state index is 5.97. The summed E-state index contributed by atoms with van der Waals surface area (Å²) in [4.78, 5) is 1.20. The molecule has 1 nitrogen and oxygen atoms in total. The third kappa shape index (κ3) is 2.13. The summed E-state index contributed by atoms with van der Waals surface area (Å²) in [7, 11) is 0. The van der Waals surface area contributed by atoms with Crippen LogP contribution >= 0.6 is 35.0 Å². The molecular weight excluding hydrogens is 237 g/mol. The van der Waals surface area contributed by atoms with Crippen LogP contribution in [0.2, 0.25) is 10.0 Å². The molecule has 1 aromatic carbocycles. The van der Waals surface area contributed by atoms with Crippen molar-refractivity contribution in [3.05, 3.63) is 22.2 Å². The molecule has 0 fully saturated rings. The standard InChI is InChI=1S/C10H11Cl2NS/c1-6-2-3-13-9-4-7(11)8(12)5-10(9)14-6/h4-6,13H,2-3H2,1H3. The number of thioether (sulfide) groups is 1. The monoisotopic (exact) mass is 247 g/mol. The van der Waals surface area contributed by atoms with Crippen molar-refractivity contribution in [3.8, 4) is 0 Å². The molecule has 0 amide bonds. The minimum absolute atomic E-state index is 0.619. The van der Waals surface area contributed by atoms with Gasteiger partial charge in [0.25, 0.3) is 0 Å². The van der Waals surface area contributed by atoms with Crippen LogP contribution in [-0.2, 0) is 0 Å². The van der Waals surface area contributed by atoms with Gasteiger partial charge in [0.2, 0.25) is 0 Å². The minimum Gasteiger partial charge on any atom is -0.384 e. The van der Waals surface area contributed by atoms with Crippen LogP contribution in [0.5, 0.6) is 0 Å². The highest BCUT2D eigenvalue weighted by molar-refractivity contribution is 8.00. The van der Waals surface area contributed by atoms with Crippen molar-refractivity contribution >= 4 is 40.7 Å². The molecule has 0 aliphatic carbocycles. The average molecular weight is 248 g/mol. The molecule has 0 aromatic heterocycles. The number of fused-ring (bicyclic) bond motifs is 1. The summed E-state index contributed by atoms with van der Waals surface area (Å²) in [5.74, 6) is 0. The van der Waals surface area contributed by atoms with E-state index in [0.717, 1.165) is 18.7 Å². The predicted octanol–water partition coefficient (Wildman–Crippen LogP) is 4.29. The van der Waals surface area contributed by atoms with Crippen molar-refractivity contribution in [1.82, 2.24) is 0 Å². The number of nitrogens with one attached hydrogen (secondary N) is 1. The van der Waals surface area contributed by atoms with Crippen LogP contribution in [-0.4, -0.2) is 11.8 Å². The second-order valence-electron chi connectivity index (χ2n) is 3.41. The highest BCUT2D eigenvalue weighted by Crippen LogP contribution is 2.39. The maximum atomic E-state index is 5.97. The highest BCUT2D eigenvalue weighted by Gasteiger charge is 2.15. The zero-order valence-corrected chi connectivity index (χ0v) is 10.1. The topological polar surface area (TPSA) is 12.0 Å². The van der Waals surface area contributed by atoms with Gasteiger partial charge in [0, 0.05) is 22.4 Å². The van der Waals surface area contributed by atoms with Gasteiger partial charge in [0.05, 0.1) is 10.0 Å². The van der Waals surface area contributed by atoms with Crippen LogP contribution < -0.4 is 5.32 Å². The Morgan fingerprint density at radius 3 is 2.86 bits per heavy atom. The van der Waals surface area contributed by atoms with Gasteiger partial charge in [-0.3, -0.25) is 0 Å². The van der Waals surface area contributed by atoms with Gasteiger partial charge in [0.15, 0.2) is 0 Å². The fourth-order valence-corrected chi connectivity index (χ4v) is 2.96. The molecule has 0 spiro atoms. The van der Waals surface area contributed by atoms with Crippen LogP contribution in [0.15, 0.2) is 17.0 Å². The molecule has 0 radical (unpaired) electrons. The summed E-state index contributed by atoms with van der Waals surface area (Å²) in [5, 5.41) is 5.24. The van der Waals surface area contributed by atoms with Gasteiger partial charge in [-0.1, -0.05) is 30.1 Å². The van der Waals surface area contributed by atoms with E-state index in [1.807, 2.05) is 23.9 Å². The average Bonchev–Trinajstić information content (AvgIpc) is 2.28. The summed E-state index contributed by atoms with van der Waals surface area (Å²) in [5.41, 5.74) is 1.11. The smallest absolute Gasteiger partial charge is 0.0613 e. The van der Waals surface area contributed by atoms with E-state index in [1.165, 1.54) is 4.90 Å². The van der Waals surface area contributed by atoms with E-state index in [-0.39, 0.29) is 0 Å². The third-order valence-electron chi connectivity index (χ3n) is 2.22. The van der Waals surface area contributed by atoms with E-state index in [1.54, 1.807) is 0 Å². The third-order valence-corrected chi connectivity index (χ3v) is 4.17. The Labute approximate surface area is 98.2 Å². The molecule has 1 atom stereocenters. The van der Waals surface area contributed by atoms with Gasteiger partial charge < -0.3 is 5.32 Å². The van der Waals surface area contributed by atoms with Gasteiger partial charge in [0.1, 0.15) is 0 Å². The molecule has 76 valence electrons. The van der Waals surface area contributed by atoms with Gasteiger partial charge in [-0.05, 0) is 18.6 Å². The van der Waals surface area contributed by atoms with Gasteiger partial charge >= 0.3 is 0 Å². The number of rotatable bonds is 0. The molecule has 1 N–H and O–H groups in total. The number of halogens is 2. The Hall–Kier alpha value is -0.0500. The fraction of sp³-hybridized carbons (Fsp3) is 0.400. The first-order chi connectivity index (χ1) is 6.66. The highest BCUT2D eigenvalue weighted by atomic mass is 35.5. The molecule has 1 aliphatic heterocycles. The molecule has 0 saturated heterocycles. The first-order valence-electron chi connectivity index (χ1n) is 4.56. The first kappa shape index (κ1) is 10.5. The normalized spacial score (nSPS) is 20.9. The van der Waals surface area contributed by atoms with Crippen molar-refractivity contribution in [2.45, 2.75) is 23.5 Å². The van der Waals surface area contributed by atoms with Crippen LogP contribution in [0, 0.1) is 0 Å². The zero-order chi connectivity index (χ0) is 10.1. The van der Waals surface area contributed by atoms with Crippen molar-refractivity contribution in [2.24, 2.45) is 0 Å². The summed E-state index contributed by atoms with van der Waals surface area (Å²) in [6.45, 7) is 3.23. The van der Waals surface area contributed by atoms with Crippen molar-refractivity contribution in [3.63, 3.8) is 0 Å². The lowest BCUT2D eigenvalue weighted by molar-refractivity contribution is 0.860. The second-order valence-corrected chi connectivity index (χ2v) is 5.70. The lowest BCUT2D eigenvalue weighted by Gasteiger charge is -2.09. The summed E-state index contributed by atoms with van der Waals surface area (Å²) in [6, 6.07) is 3.85. The van der Waals surface area contributed by atoms with E-state index in [0.29, 0.717) is 15.3 Å². The summed E-state index contributed by atoms with van der Waals surface area (Å²) < 4.78 is 0. The molecule has 4 heteroatoms. The molecular formula is C10H11Cl2NS. The molecule has 14 heavy (non-hydrogen) atoms. The van der Waals surface area contributed by atoms with Crippen LogP contribution in [0.1, 0.15) is 13.3 Å². The predicted molar refractivity (Wildman–Crippen MR) is 64.9 cm³/mol. The largest absolute Gasteiger partial charge is 0.384 e. The quantitative estimate of drug-likeness (QED) is 0.735. The summed E-state index contributed by atoms with van der Waals surface area (Å²) in [6.07, 6.45) is 1.16. The molecule has 1 aliphatic rings. The number of hydrogen-bond donors (Lipinski definition) is 1. The van der Waals surface area contributed by atoms with Crippen molar-refractivity contribution in [1.29, 1.82) is 0 Å². The zero-order valence-electron chi connectivity index (χ0n) is 7.81. The summed E-state index contributed by atoms with van der Waals surface area (Å²) >= 11 is 13.8. The lowest BCUT2D eigenvalue weighted by atomic mass is 10.3. The van der Waals surface area contributed by atoms with Crippen LogP contribution in [0.25, 0.3) is 0 Å². The van der Waals surface area contributed by atoms with Gasteiger partial charge in [-0.25, -0.2) is 0 Å².